The van der Waals surface area contributed by atoms with Crippen molar-refractivity contribution in [3.8, 4) is 0 Å². The predicted octanol–water partition coefficient (Wildman–Crippen LogP) is 4.82. The molecule has 1 aliphatic heterocycles. The highest BCUT2D eigenvalue weighted by atomic mass is 19.1. The summed E-state index contributed by atoms with van der Waals surface area (Å²) in [6, 6.07) is 14.3. The molecule has 2 N–H and O–H groups in total. The van der Waals surface area contributed by atoms with E-state index in [4.69, 9.17) is 6.57 Å². The fraction of sp³-hybridized carbons (Fsp3) is 0.393. The van der Waals surface area contributed by atoms with E-state index in [1.165, 1.54) is 12.1 Å². The zero-order valence-corrected chi connectivity index (χ0v) is 19.6. The lowest BCUT2D eigenvalue weighted by molar-refractivity contribution is 0.0868. The van der Waals surface area contributed by atoms with Crippen LogP contribution in [0.2, 0.25) is 0 Å². The molecule has 0 spiro atoms. The Balaban J connectivity index is 1.47. The number of hydrogen-bond donors (Lipinski definition) is 2. The van der Waals surface area contributed by atoms with Crippen LogP contribution in [0.3, 0.4) is 0 Å². The fourth-order valence-electron chi connectivity index (χ4n) is 5.45. The van der Waals surface area contributed by atoms with Gasteiger partial charge >= 0.3 is 0 Å². The third-order valence-electron chi connectivity index (χ3n) is 7.51. The van der Waals surface area contributed by atoms with E-state index in [9.17, 15) is 14.3 Å². The number of amides is 1. The Morgan fingerprint density at radius 3 is 2.51 bits per heavy atom. The quantitative estimate of drug-likeness (QED) is 0.534. The molecule has 6 nitrogen and oxygen atoms in total. The van der Waals surface area contributed by atoms with Crippen LogP contribution < -0.4 is 10.2 Å². The second-order valence-electron chi connectivity index (χ2n) is 9.66. The number of aliphatic hydroxyl groups excluding tert-OH is 1. The summed E-state index contributed by atoms with van der Waals surface area (Å²) in [6.07, 6.45) is 5.30. The van der Waals surface area contributed by atoms with E-state index in [-0.39, 0.29) is 23.9 Å². The van der Waals surface area contributed by atoms with Crippen molar-refractivity contribution in [1.82, 2.24) is 10.3 Å². The zero-order chi connectivity index (χ0) is 24.4. The minimum atomic E-state index is -0.600. The molecule has 0 radical (unpaired) electrons. The van der Waals surface area contributed by atoms with E-state index in [0.29, 0.717) is 60.9 Å². The lowest BCUT2D eigenvalue weighted by Gasteiger charge is -2.37. The van der Waals surface area contributed by atoms with E-state index in [2.05, 4.69) is 20.0 Å². The smallest absolute Gasteiger partial charge is 0.260 e. The van der Waals surface area contributed by atoms with Crippen LogP contribution in [0.15, 0.2) is 54.7 Å². The number of hydrogen-bond acceptors (Lipinski definition) is 4. The van der Waals surface area contributed by atoms with E-state index in [1.54, 1.807) is 12.3 Å². The molecule has 0 bridgehead atoms. The molecule has 1 saturated heterocycles. The highest BCUT2D eigenvalue weighted by Crippen LogP contribution is 2.40. The predicted molar refractivity (Wildman–Crippen MR) is 134 cm³/mol. The summed E-state index contributed by atoms with van der Waals surface area (Å²) in [5.41, 5.74) is 2.14. The number of piperidine rings is 1. The number of aromatic nitrogens is 1. The molecule has 35 heavy (non-hydrogen) atoms. The number of rotatable bonds is 4. The third-order valence-corrected chi connectivity index (χ3v) is 7.51. The molecule has 3 aromatic rings. The monoisotopic (exact) mass is 472 g/mol. The molecule has 2 aromatic carbocycles. The van der Waals surface area contributed by atoms with Gasteiger partial charge in [0, 0.05) is 49.1 Å². The fourth-order valence-corrected chi connectivity index (χ4v) is 5.45. The minimum absolute atomic E-state index is 0.00356. The van der Waals surface area contributed by atoms with Gasteiger partial charge in [-0.25, -0.2) is 11.0 Å². The number of nitrogens with one attached hydrogen (secondary N) is 1. The van der Waals surface area contributed by atoms with Crippen LogP contribution in [-0.2, 0) is 5.54 Å². The maximum absolute atomic E-state index is 14.3. The van der Waals surface area contributed by atoms with Crippen LogP contribution in [0.1, 0.15) is 54.4 Å². The topological polar surface area (TPSA) is 69.8 Å². The number of carbonyl (C=O) groups is 1. The van der Waals surface area contributed by atoms with Crippen LogP contribution in [0, 0.1) is 12.4 Å². The van der Waals surface area contributed by atoms with Gasteiger partial charge in [0.2, 0.25) is 0 Å². The lowest BCUT2D eigenvalue weighted by atomic mass is 9.81. The van der Waals surface area contributed by atoms with Gasteiger partial charge in [-0.05, 0) is 43.9 Å². The van der Waals surface area contributed by atoms with Crippen molar-refractivity contribution in [1.29, 1.82) is 0 Å². The summed E-state index contributed by atoms with van der Waals surface area (Å²) < 4.78 is 14.3. The Morgan fingerprint density at radius 2 is 1.83 bits per heavy atom. The lowest BCUT2D eigenvalue weighted by Crippen LogP contribution is -2.43. The van der Waals surface area contributed by atoms with Gasteiger partial charge in [0.15, 0.2) is 0 Å². The molecule has 1 aliphatic carbocycles. The number of carbonyl (C=O) groups excluding carboxylic acids is 1. The molecule has 0 atom stereocenters. The molecule has 0 unspecified atom stereocenters. The normalized spacial score (nSPS) is 21.9. The van der Waals surface area contributed by atoms with Crippen LogP contribution >= 0.6 is 0 Å². The number of halogens is 1. The van der Waals surface area contributed by atoms with Gasteiger partial charge in [0.25, 0.3) is 11.4 Å². The maximum Gasteiger partial charge on any atom is 0.260 e. The second-order valence-corrected chi connectivity index (χ2v) is 9.66. The molecule has 2 aliphatic rings. The number of pyridine rings is 1. The van der Waals surface area contributed by atoms with Crippen molar-refractivity contribution >= 4 is 22.5 Å². The van der Waals surface area contributed by atoms with Crippen LogP contribution in [0.5, 0.6) is 0 Å². The van der Waals surface area contributed by atoms with Gasteiger partial charge in [-0.2, -0.15) is 0 Å². The largest absolute Gasteiger partial charge is 0.393 e. The maximum atomic E-state index is 14.3. The first kappa shape index (κ1) is 23.3. The zero-order valence-electron chi connectivity index (χ0n) is 19.6. The molecule has 2 fully saturated rings. The first-order valence-electron chi connectivity index (χ1n) is 12.3. The highest BCUT2D eigenvalue weighted by Gasteiger charge is 2.43. The SMILES string of the molecule is [C-]#[N+]C1(c2ccccc2)CCN(c2c(C(=O)NC3CCC(O)CC3)cnc3ccc(F)cc23)CC1. The first-order chi connectivity index (χ1) is 17.0. The number of anilines is 1. The Hall–Kier alpha value is -3.50. The Morgan fingerprint density at radius 1 is 1.11 bits per heavy atom. The standard InChI is InChI=1S/C28H29FN4O2/c1-30-28(19-5-3-2-4-6-19)13-15-33(16-14-28)26-23-17-20(29)7-12-25(23)31-18-24(26)27(35)32-21-8-10-22(34)11-9-21/h2-7,12,17-18,21-22,34H,8-11,13-16H2,(H,32,35). The van der Waals surface area contributed by atoms with Crippen LogP contribution in [0.25, 0.3) is 15.7 Å². The van der Waals surface area contributed by atoms with Crippen molar-refractivity contribution in [3.63, 3.8) is 0 Å². The summed E-state index contributed by atoms with van der Waals surface area (Å²) >= 11 is 0. The van der Waals surface area contributed by atoms with Gasteiger partial charge in [-0.3, -0.25) is 9.78 Å². The van der Waals surface area contributed by atoms with Crippen LogP contribution in [-0.4, -0.2) is 41.2 Å². The number of aliphatic hydroxyl groups is 1. The molecular weight excluding hydrogens is 443 g/mol. The average molecular weight is 473 g/mol. The number of fused-ring (bicyclic) bond motifs is 1. The average Bonchev–Trinajstić information content (AvgIpc) is 2.90. The van der Waals surface area contributed by atoms with Crippen molar-refractivity contribution in [3.05, 3.63) is 83.1 Å². The van der Waals surface area contributed by atoms with Crippen molar-refractivity contribution in [2.24, 2.45) is 0 Å². The van der Waals surface area contributed by atoms with Gasteiger partial charge in [-0.15, -0.1) is 0 Å². The van der Waals surface area contributed by atoms with Gasteiger partial charge in [0.1, 0.15) is 5.82 Å². The molecule has 1 saturated carbocycles. The van der Waals surface area contributed by atoms with Crippen molar-refractivity contribution in [2.45, 2.75) is 56.2 Å². The Labute approximate surface area is 204 Å². The summed E-state index contributed by atoms with van der Waals surface area (Å²) in [6.45, 7) is 9.09. The third kappa shape index (κ3) is 4.59. The van der Waals surface area contributed by atoms with Gasteiger partial charge < -0.3 is 20.2 Å². The van der Waals surface area contributed by atoms with Crippen molar-refractivity contribution < 1.29 is 14.3 Å². The highest BCUT2D eigenvalue weighted by molar-refractivity contribution is 6.07. The molecule has 5 rings (SSSR count). The van der Waals surface area contributed by atoms with Gasteiger partial charge in [0.05, 0.1) is 22.9 Å². The minimum Gasteiger partial charge on any atom is -0.393 e. The van der Waals surface area contributed by atoms with Crippen LogP contribution in [0.4, 0.5) is 10.1 Å². The Bertz CT molecular complexity index is 1260. The summed E-state index contributed by atoms with van der Waals surface area (Å²) in [7, 11) is 0. The molecule has 1 aromatic heterocycles. The molecule has 2 heterocycles. The van der Waals surface area contributed by atoms with E-state index < -0.39 is 5.54 Å². The first-order valence-corrected chi connectivity index (χ1v) is 12.3. The summed E-state index contributed by atoms with van der Waals surface area (Å²) in [5, 5.41) is 13.5. The molecule has 180 valence electrons. The second kappa shape index (κ2) is 9.63. The van der Waals surface area contributed by atoms with E-state index >= 15 is 0 Å². The molecular formula is C28H29FN4O2. The van der Waals surface area contributed by atoms with E-state index in [0.717, 1.165) is 18.4 Å². The van der Waals surface area contributed by atoms with Gasteiger partial charge in [-0.1, -0.05) is 30.3 Å². The number of benzene rings is 2. The van der Waals surface area contributed by atoms with Crippen molar-refractivity contribution in [2.75, 3.05) is 18.0 Å². The molecule has 1 amide bonds. The number of nitrogens with zero attached hydrogens (tertiary/aromatic N) is 3. The Kier molecular flexibility index (Phi) is 6.40. The summed E-state index contributed by atoms with van der Waals surface area (Å²) in [4.78, 5) is 24.0. The van der Waals surface area contributed by atoms with E-state index in [1.807, 2.05) is 30.3 Å². The molecule has 7 heteroatoms. The summed E-state index contributed by atoms with van der Waals surface area (Å²) in [5.74, 6) is -0.610.